The molecule has 162 valence electrons. The van der Waals surface area contributed by atoms with Gasteiger partial charge in [0.15, 0.2) is 0 Å². The Hall–Kier alpha value is -2.44. The lowest BCUT2D eigenvalue weighted by atomic mass is 9.88. The van der Waals surface area contributed by atoms with Crippen LogP contribution in [0.5, 0.6) is 5.75 Å². The fraction of sp³-hybridized carbons (Fsp3) is 0.458. The molecule has 1 saturated heterocycles. The zero-order valence-electron chi connectivity index (χ0n) is 17.8. The molecule has 0 radical (unpaired) electrons. The molecule has 1 heterocycles. The summed E-state index contributed by atoms with van der Waals surface area (Å²) in [5.41, 5.74) is 2.13. The van der Waals surface area contributed by atoms with Crippen molar-refractivity contribution < 1.29 is 18.7 Å². The molecule has 0 saturated carbocycles. The topological polar surface area (TPSA) is 50.8 Å². The predicted molar refractivity (Wildman–Crippen MR) is 115 cm³/mol. The van der Waals surface area contributed by atoms with Gasteiger partial charge in [0, 0.05) is 38.0 Å². The molecule has 2 aromatic carbocycles. The number of carbonyl (C=O) groups excluding carboxylic acids is 1. The smallest absolute Gasteiger partial charge is 0.224 e. The van der Waals surface area contributed by atoms with Crippen molar-refractivity contribution >= 4 is 5.91 Å². The van der Waals surface area contributed by atoms with E-state index in [-0.39, 0.29) is 23.6 Å². The SMILES string of the molecule is COc1ccc(C(CCNC(=O)C(C)CN2CCOCC2)c2ccc(F)cc2)cc1. The maximum atomic E-state index is 13.4. The molecule has 1 fully saturated rings. The van der Waals surface area contributed by atoms with Gasteiger partial charge in [0.05, 0.1) is 20.3 Å². The Labute approximate surface area is 178 Å². The zero-order chi connectivity index (χ0) is 21.3. The molecular formula is C24H31FN2O3. The Morgan fingerprint density at radius 1 is 1.10 bits per heavy atom. The summed E-state index contributed by atoms with van der Waals surface area (Å²) in [4.78, 5) is 14.8. The molecule has 0 spiro atoms. The molecule has 2 atom stereocenters. The summed E-state index contributed by atoms with van der Waals surface area (Å²) in [6.45, 7) is 6.48. The van der Waals surface area contributed by atoms with Crippen LogP contribution in [0.3, 0.4) is 0 Å². The molecule has 1 N–H and O–H groups in total. The monoisotopic (exact) mass is 414 g/mol. The van der Waals surface area contributed by atoms with E-state index in [1.54, 1.807) is 7.11 Å². The Balaban J connectivity index is 1.59. The average Bonchev–Trinajstić information content (AvgIpc) is 2.78. The van der Waals surface area contributed by atoms with E-state index >= 15 is 0 Å². The van der Waals surface area contributed by atoms with Crippen LogP contribution in [0.25, 0.3) is 0 Å². The molecule has 1 aliphatic heterocycles. The van der Waals surface area contributed by atoms with E-state index < -0.39 is 0 Å². The quantitative estimate of drug-likeness (QED) is 0.683. The third kappa shape index (κ3) is 6.28. The van der Waals surface area contributed by atoms with E-state index in [1.165, 1.54) is 12.1 Å². The zero-order valence-corrected chi connectivity index (χ0v) is 17.8. The number of nitrogens with one attached hydrogen (secondary N) is 1. The number of nitrogens with zero attached hydrogens (tertiary/aromatic N) is 1. The first-order valence-corrected chi connectivity index (χ1v) is 10.5. The maximum absolute atomic E-state index is 13.4. The van der Waals surface area contributed by atoms with Gasteiger partial charge < -0.3 is 14.8 Å². The van der Waals surface area contributed by atoms with Crippen LogP contribution in [0, 0.1) is 11.7 Å². The second-order valence-electron chi connectivity index (χ2n) is 7.77. The number of hydrogen-bond acceptors (Lipinski definition) is 4. The average molecular weight is 415 g/mol. The molecule has 3 rings (SSSR count). The summed E-state index contributed by atoms with van der Waals surface area (Å²) >= 11 is 0. The normalized spacial score (nSPS) is 16.6. The summed E-state index contributed by atoms with van der Waals surface area (Å²) in [5, 5.41) is 3.08. The van der Waals surface area contributed by atoms with Crippen LogP contribution in [0.1, 0.15) is 30.4 Å². The molecule has 0 aromatic heterocycles. The number of halogens is 1. The number of amides is 1. The van der Waals surface area contributed by atoms with Crippen LogP contribution < -0.4 is 10.1 Å². The molecular weight excluding hydrogens is 383 g/mol. The van der Waals surface area contributed by atoms with Crippen molar-refractivity contribution in [2.75, 3.05) is 46.5 Å². The van der Waals surface area contributed by atoms with Crippen LogP contribution >= 0.6 is 0 Å². The van der Waals surface area contributed by atoms with Gasteiger partial charge in [-0.25, -0.2) is 4.39 Å². The summed E-state index contributed by atoms with van der Waals surface area (Å²) in [6, 6.07) is 14.5. The third-order valence-corrected chi connectivity index (χ3v) is 5.61. The van der Waals surface area contributed by atoms with Crippen molar-refractivity contribution in [3.05, 3.63) is 65.5 Å². The van der Waals surface area contributed by atoms with Crippen LogP contribution in [-0.4, -0.2) is 57.3 Å². The van der Waals surface area contributed by atoms with Crippen LogP contribution in [0.4, 0.5) is 4.39 Å². The Morgan fingerprint density at radius 2 is 1.70 bits per heavy atom. The highest BCUT2D eigenvalue weighted by atomic mass is 19.1. The van der Waals surface area contributed by atoms with Crippen LogP contribution in [0.2, 0.25) is 0 Å². The van der Waals surface area contributed by atoms with Gasteiger partial charge >= 0.3 is 0 Å². The van der Waals surface area contributed by atoms with Gasteiger partial charge in [-0.3, -0.25) is 9.69 Å². The molecule has 0 bridgehead atoms. The first-order chi connectivity index (χ1) is 14.6. The molecule has 5 nitrogen and oxygen atoms in total. The van der Waals surface area contributed by atoms with Crippen molar-refractivity contribution in [3.63, 3.8) is 0 Å². The maximum Gasteiger partial charge on any atom is 0.224 e. The van der Waals surface area contributed by atoms with E-state index in [0.29, 0.717) is 6.54 Å². The van der Waals surface area contributed by atoms with Gasteiger partial charge in [-0.15, -0.1) is 0 Å². The third-order valence-electron chi connectivity index (χ3n) is 5.61. The summed E-state index contributed by atoms with van der Waals surface area (Å²) in [7, 11) is 1.64. The van der Waals surface area contributed by atoms with E-state index in [1.807, 2.05) is 43.3 Å². The standard InChI is InChI=1S/C24H31FN2O3/c1-18(17-27-13-15-30-16-14-27)24(28)26-12-11-23(19-3-7-21(25)8-4-19)20-5-9-22(29-2)10-6-20/h3-10,18,23H,11-17H2,1-2H3,(H,26,28). The number of methoxy groups -OCH3 is 1. The second kappa shape index (κ2) is 11.1. The van der Waals surface area contributed by atoms with E-state index in [4.69, 9.17) is 9.47 Å². The Morgan fingerprint density at radius 3 is 2.30 bits per heavy atom. The molecule has 1 amide bonds. The summed E-state index contributed by atoms with van der Waals surface area (Å²) in [6.07, 6.45) is 0.730. The highest BCUT2D eigenvalue weighted by Gasteiger charge is 2.20. The van der Waals surface area contributed by atoms with Crippen molar-refractivity contribution in [1.82, 2.24) is 10.2 Å². The molecule has 2 unspecified atom stereocenters. The molecule has 1 aliphatic rings. The largest absolute Gasteiger partial charge is 0.497 e. The van der Waals surface area contributed by atoms with Crippen molar-refractivity contribution in [2.24, 2.45) is 5.92 Å². The highest BCUT2D eigenvalue weighted by Crippen LogP contribution is 2.29. The fourth-order valence-electron chi connectivity index (χ4n) is 3.82. The molecule has 6 heteroatoms. The van der Waals surface area contributed by atoms with Crippen LogP contribution in [-0.2, 0) is 9.53 Å². The Kier molecular flexibility index (Phi) is 8.22. The van der Waals surface area contributed by atoms with Crippen molar-refractivity contribution in [1.29, 1.82) is 0 Å². The van der Waals surface area contributed by atoms with E-state index in [2.05, 4.69) is 10.2 Å². The number of carbonyl (C=O) groups is 1. The van der Waals surface area contributed by atoms with Gasteiger partial charge in [-0.2, -0.15) is 0 Å². The summed E-state index contributed by atoms with van der Waals surface area (Å²) in [5.74, 6) is 0.591. The molecule has 2 aromatic rings. The number of hydrogen-bond donors (Lipinski definition) is 1. The lowest BCUT2D eigenvalue weighted by Crippen LogP contribution is -2.43. The predicted octanol–water partition coefficient (Wildman–Crippen LogP) is 3.44. The first kappa shape index (κ1) is 22.2. The van der Waals surface area contributed by atoms with Crippen molar-refractivity contribution in [2.45, 2.75) is 19.3 Å². The van der Waals surface area contributed by atoms with Crippen LogP contribution in [0.15, 0.2) is 48.5 Å². The second-order valence-corrected chi connectivity index (χ2v) is 7.77. The van der Waals surface area contributed by atoms with Gasteiger partial charge in [-0.05, 0) is 41.8 Å². The number of ether oxygens (including phenoxy) is 2. The van der Waals surface area contributed by atoms with E-state index in [9.17, 15) is 9.18 Å². The van der Waals surface area contributed by atoms with E-state index in [0.717, 1.165) is 56.1 Å². The minimum absolute atomic E-state index is 0.0614. The number of rotatable bonds is 9. The highest BCUT2D eigenvalue weighted by molar-refractivity contribution is 5.78. The first-order valence-electron chi connectivity index (χ1n) is 10.5. The minimum Gasteiger partial charge on any atom is -0.497 e. The lowest BCUT2D eigenvalue weighted by molar-refractivity contribution is -0.125. The Bertz CT molecular complexity index is 789. The van der Waals surface area contributed by atoms with Gasteiger partial charge in [0.2, 0.25) is 5.91 Å². The number of morpholine rings is 1. The fourth-order valence-corrected chi connectivity index (χ4v) is 3.82. The minimum atomic E-state index is -0.252. The molecule has 30 heavy (non-hydrogen) atoms. The number of benzene rings is 2. The van der Waals surface area contributed by atoms with Gasteiger partial charge in [0.25, 0.3) is 0 Å². The van der Waals surface area contributed by atoms with Gasteiger partial charge in [0.1, 0.15) is 11.6 Å². The van der Waals surface area contributed by atoms with Gasteiger partial charge in [-0.1, -0.05) is 31.2 Å². The molecule has 0 aliphatic carbocycles. The lowest BCUT2D eigenvalue weighted by Gasteiger charge is -2.28. The van der Waals surface area contributed by atoms with Crippen molar-refractivity contribution in [3.8, 4) is 5.75 Å². The summed E-state index contributed by atoms with van der Waals surface area (Å²) < 4.78 is 24.0.